The van der Waals surface area contributed by atoms with Crippen molar-refractivity contribution in [3.8, 4) is 0 Å². The molecule has 2 N–H and O–H groups in total. The molecule has 7 nitrogen and oxygen atoms in total. The fraction of sp³-hybridized carbons (Fsp3) is 0.889. The molecular formula is C18H34ClN5O2. The van der Waals surface area contributed by atoms with Gasteiger partial charge >= 0.3 is 6.03 Å². The Morgan fingerprint density at radius 3 is 2.19 bits per heavy atom. The fourth-order valence-electron chi connectivity index (χ4n) is 4.03. The predicted molar refractivity (Wildman–Crippen MR) is 105 cm³/mol. The molecule has 3 fully saturated rings. The quantitative estimate of drug-likeness (QED) is 0.683. The highest BCUT2D eigenvalue weighted by Gasteiger charge is 2.30. The molecule has 8 heteroatoms. The van der Waals surface area contributed by atoms with E-state index >= 15 is 0 Å². The van der Waals surface area contributed by atoms with Crippen LogP contribution in [-0.2, 0) is 4.79 Å². The molecule has 26 heavy (non-hydrogen) atoms. The van der Waals surface area contributed by atoms with Gasteiger partial charge in [0, 0.05) is 64.8 Å². The highest BCUT2D eigenvalue weighted by Crippen LogP contribution is 2.20. The monoisotopic (exact) mass is 387 g/mol. The lowest BCUT2D eigenvalue weighted by Gasteiger charge is -2.34. The van der Waals surface area contributed by atoms with Crippen LogP contribution in [0.5, 0.6) is 0 Å². The number of hydrogen-bond acceptors (Lipinski definition) is 4. The van der Waals surface area contributed by atoms with E-state index in [9.17, 15) is 9.59 Å². The molecule has 0 spiro atoms. The standard InChI is InChI=1S/C18H33N5O2.ClH/c24-17(20-6-3-9-21-14-7-19-8-15-21)16-4-12-23(13-5-16)18(25)22-10-1-2-11-22;/h16,19H,1-15H2,(H,20,24);1H. The summed E-state index contributed by atoms with van der Waals surface area (Å²) in [7, 11) is 0. The third kappa shape index (κ3) is 5.99. The third-order valence-electron chi connectivity index (χ3n) is 5.67. The summed E-state index contributed by atoms with van der Waals surface area (Å²) >= 11 is 0. The van der Waals surface area contributed by atoms with Crippen molar-refractivity contribution < 1.29 is 9.59 Å². The van der Waals surface area contributed by atoms with Gasteiger partial charge in [-0.2, -0.15) is 0 Å². The molecule has 3 aliphatic heterocycles. The van der Waals surface area contributed by atoms with Crippen LogP contribution in [0.4, 0.5) is 4.79 Å². The molecule has 3 amide bonds. The number of piperidine rings is 1. The first kappa shape index (κ1) is 21.3. The number of urea groups is 1. The first-order valence-corrected chi connectivity index (χ1v) is 9.98. The average Bonchev–Trinajstić information content (AvgIpc) is 3.20. The highest BCUT2D eigenvalue weighted by atomic mass is 35.5. The molecule has 0 aliphatic carbocycles. The van der Waals surface area contributed by atoms with Crippen LogP contribution in [0.25, 0.3) is 0 Å². The van der Waals surface area contributed by atoms with Crippen molar-refractivity contribution in [1.82, 2.24) is 25.3 Å². The summed E-state index contributed by atoms with van der Waals surface area (Å²) in [6.07, 6.45) is 4.85. The number of hydrogen-bond donors (Lipinski definition) is 2. The Bertz CT molecular complexity index is 445. The second kappa shape index (κ2) is 10.9. The van der Waals surface area contributed by atoms with Crippen molar-refractivity contribution in [2.45, 2.75) is 32.1 Å². The summed E-state index contributed by atoms with van der Waals surface area (Å²) in [5, 5.41) is 6.45. The second-order valence-electron chi connectivity index (χ2n) is 7.47. The maximum Gasteiger partial charge on any atom is 0.319 e. The summed E-state index contributed by atoms with van der Waals surface area (Å²) in [6.45, 7) is 9.40. The molecular weight excluding hydrogens is 354 g/mol. The lowest BCUT2D eigenvalue weighted by Crippen LogP contribution is -2.48. The Morgan fingerprint density at radius 1 is 0.923 bits per heavy atom. The van der Waals surface area contributed by atoms with Crippen molar-refractivity contribution >= 4 is 24.3 Å². The van der Waals surface area contributed by atoms with Crippen LogP contribution in [-0.4, -0.2) is 92.1 Å². The first-order chi connectivity index (χ1) is 12.2. The van der Waals surface area contributed by atoms with Crippen molar-refractivity contribution in [3.05, 3.63) is 0 Å². The molecule has 150 valence electrons. The highest BCUT2D eigenvalue weighted by molar-refractivity contribution is 5.85. The maximum atomic E-state index is 12.4. The molecule has 0 bridgehead atoms. The molecule has 3 heterocycles. The maximum absolute atomic E-state index is 12.4. The van der Waals surface area contributed by atoms with E-state index in [1.807, 2.05) is 9.80 Å². The summed E-state index contributed by atoms with van der Waals surface area (Å²) < 4.78 is 0. The molecule has 3 aliphatic rings. The molecule has 0 atom stereocenters. The van der Waals surface area contributed by atoms with Crippen LogP contribution >= 0.6 is 12.4 Å². The molecule has 3 saturated heterocycles. The van der Waals surface area contributed by atoms with E-state index in [1.165, 1.54) is 0 Å². The smallest absolute Gasteiger partial charge is 0.319 e. The van der Waals surface area contributed by atoms with E-state index in [1.54, 1.807) is 0 Å². The van der Waals surface area contributed by atoms with Gasteiger partial charge in [-0.15, -0.1) is 12.4 Å². The minimum Gasteiger partial charge on any atom is -0.356 e. The predicted octanol–water partition coefficient (Wildman–Crippen LogP) is 0.748. The largest absolute Gasteiger partial charge is 0.356 e. The number of likely N-dealkylation sites (tertiary alicyclic amines) is 2. The summed E-state index contributed by atoms with van der Waals surface area (Å²) in [5.74, 6) is 0.246. The van der Waals surface area contributed by atoms with E-state index in [2.05, 4.69) is 15.5 Å². The molecule has 3 rings (SSSR count). The van der Waals surface area contributed by atoms with Crippen LogP contribution in [0.15, 0.2) is 0 Å². The van der Waals surface area contributed by atoms with Gasteiger partial charge in [-0.05, 0) is 38.6 Å². The van der Waals surface area contributed by atoms with Crippen LogP contribution in [0.3, 0.4) is 0 Å². The van der Waals surface area contributed by atoms with Crippen molar-refractivity contribution in [2.24, 2.45) is 5.92 Å². The molecule has 0 aromatic heterocycles. The zero-order chi connectivity index (χ0) is 17.5. The van der Waals surface area contributed by atoms with Crippen LogP contribution in [0.2, 0.25) is 0 Å². The number of nitrogens with zero attached hydrogens (tertiary/aromatic N) is 3. The van der Waals surface area contributed by atoms with Gasteiger partial charge in [0.15, 0.2) is 0 Å². The second-order valence-corrected chi connectivity index (χ2v) is 7.47. The normalized spacial score (nSPS) is 22.2. The number of amides is 3. The molecule has 0 radical (unpaired) electrons. The Balaban J connectivity index is 0.00000243. The van der Waals surface area contributed by atoms with E-state index < -0.39 is 0 Å². The van der Waals surface area contributed by atoms with Crippen molar-refractivity contribution in [2.75, 3.05) is 65.4 Å². The van der Waals surface area contributed by atoms with Gasteiger partial charge in [0.1, 0.15) is 0 Å². The van der Waals surface area contributed by atoms with E-state index in [0.29, 0.717) is 13.1 Å². The number of carbonyl (C=O) groups is 2. The number of halogens is 1. The summed E-state index contributed by atoms with van der Waals surface area (Å²) in [5.41, 5.74) is 0. The lowest BCUT2D eigenvalue weighted by atomic mass is 9.96. The van der Waals surface area contributed by atoms with Crippen LogP contribution in [0, 0.1) is 5.92 Å². The first-order valence-electron chi connectivity index (χ1n) is 9.98. The van der Waals surface area contributed by atoms with Gasteiger partial charge in [-0.25, -0.2) is 4.79 Å². The topological polar surface area (TPSA) is 67.9 Å². The number of carbonyl (C=O) groups excluding carboxylic acids is 2. The van der Waals surface area contributed by atoms with Crippen LogP contribution < -0.4 is 10.6 Å². The summed E-state index contributed by atoms with van der Waals surface area (Å²) in [6, 6.07) is 0.173. The van der Waals surface area contributed by atoms with Crippen molar-refractivity contribution in [1.29, 1.82) is 0 Å². The minimum absolute atomic E-state index is 0. The van der Waals surface area contributed by atoms with Gasteiger partial charge in [-0.1, -0.05) is 0 Å². The van der Waals surface area contributed by atoms with Gasteiger partial charge in [-0.3, -0.25) is 4.79 Å². The van der Waals surface area contributed by atoms with E-state index in [0.717, 1.165) is 84.5 Å². The average molecular weight is 388 g/mol. The van der Waals surface area contributed by atoms with Gasteiger partial charge in [0.05, 0.1) is 0 Å². The fourth-order valence-corrected chi connectivity index (χ4v) is 4.03. The van der Waals surface area contributed by atoms with Gasteiger partial charge < -0.3 is 25.3 Å². The van der Waals surface area contributed by atoms with Gasteiger partial charge in [0.2, 0.25) is 5.91 Å². The Labute approximate surface area is 163 Å². The van der Waals surface area contributed by atoms with Crippen LogP contribution in [0.1, 0.15) is 32.1 Å². The lowest BCUT2D eigenvalue weighted by molar-refractivity contribution is -0.126. The Morgan fingerprint density at radius 2 is 1.54 bits per heavy atom. The molecule has 0 aromatic rings. The molecule has 0 unspecified atom stereocenters. The molecule has 0 aromatic carbocycles. The zero-order valence-corrected chi connectivity index (χ0v) is 16.6. The van der Waals surface area contributed by atoms with E-state index in [4.69, 9.17) is 0 Å². The van der Waals surface area contributed by atoms with Gasteiger partial charge in [0.25, 0.3) is 0 Å². The SMILES string of the molecule is Cl.O=C(NCCCN1CCNCC1)C1CCN(C(=O)N2CCCC2)CC1. The number of piperazine rings is 1. The van der Waals surface area contributed by atoms with Crippen molar-refractivity contribution in [3.63, 3.8) is 0 Å². The zero-order valence-electron chi connectivity index (χ0n) is 15.8. The van der Waals surface area contributed by atoms with E-state index in [-0.39, 0.29) is 30.3 Å². The summed E-state index contributed by atoms with van der Waals surface area (Å²) in [4.78, 5) is 31.0. The number of rotatable bonds is 5. The minimum atomic E-state index is 0. The Kier molecular flexibility index (Phi) is 8.95. The third-order valence-corrected chi connectivity index (χ3v) is 5.67. The number of nitrogens with one attached hydrogen (secondary N) is 2. The molecule has 0 saturated carbocycles. The Hall–Kier alpha value is -1.05.